The van der Waals surface area contributed by atoms with E-state index >= 15 is 0 Å². The third-order valence-electron chi connectivity index (χ3n) is 10.5. The summed E-state index contributed by atoms with van der Waals surface area (Å²) < 4.78 is 14.3. The van der Waals surface area contributed by atoms with Crippen LogP contribution in [0.1, 0.15) is 100 Å². The summed E-state index contributed by atoms with van der Waals surface area (Å²) in [6, 6.07) is 7.03. The lowest BCUT2D eigenvalue weighted by atomic mass is 9.89. The van der Waals surface area contributed by atoms with Gasteiger partial charge in [0.15, 0.2) is 16.6 Å². The first-order valence-electron chi connectivity index (χ1n) is 16.5. The second kappa shape index (κ2) is 17.1. The zero-order valence-electron chi connectivity index (χ0n) is 27.1. The van der Waals surface area contributed by atoms with Crippen molar-refractivity contribution in [3.63, 3.8) is 0 Å². The Hall–Kier alpha value is -1.14. The van der Waals surface area contributed by atoms with E-state index in [1.54, 1.807) is 0 Å². The van der Waals surface area contributed by atoms with Gasteiger partial charge < -0.3 is 14.0 Å². The van der Waals surface area contributed by atoms with E-state index in [1.807, 2.05) is 6.92 Å². The predicted octanol–water partition coefficient (Wildman–Crippen LogP) is 9.60. The fourth-order valence-electron chi connectivity index (χ4n) is 7.17. The maximum atomic E-state index is 10.9. The number of carbonyl (C=O) groups is 1. The van der Waals surface area contributed by atoms with Crippen LogP contribution in [0.4, 0.5) is 0 Å². The molecule has 6 atom stereocenters. The summed E-state index contributed by atoms with van der Waals surface area (Å²) in [6.45, 7) is 18.2. The van der Waals surface area contributed by atoms with Crippen LogP contribution in [0.25, 0.3) is 0 Å². The standard InChI is InChI=1S/C34H60O4Si2/c1-9-16-19-27(8)32(37-39(10-2,11-3)12-4)23-22-30-31-25-28(20-17-18-21-34(35)36)24-29(31)26-33(30)38-40(13-5,14-6)15-7/h20,22-23,27,29-33H,10-15,17-19,21,24-26H2,1-8H3,(H,35,36)/b23-22+,28-20-/t27?,29-,30+,31-,32+,33+/m0/s1. The van der Waals surface area contributed by atoms with Crippen LogP contribution in [-0.2, 0) is 13.6 Å². The van der Waals surface area contributed by atoms with Gasteiger partial charge in [-0.2, -0.15) is 0 Å². The fourth-order valence-corrected chi connectivity index (χ4v) is 13.0. The van der Waals surface area contributed by atoms with Gasteiger partial charge in [-0.3, -0.25) is 4.79 Å². The average Bonchev–Trinajstić information content (AvgIpc) is 3.50. The molecular weight excluding hydrogens is 529 g/mol. The molecule has 228 valence electrons. The van der Waals surface area contributed by atoms with Crippen molar-refractivity contribution in [1.29, 1.82) is 0 Å². The minimum Gasteiger partial charge on any atom is -0.481 e. The zero-order chi connectivity index (χ0) is 29.8. The number of aliphatic carboxylic acids is 1. The number of unbranched alkanes of at least 4 members (excludes halogenated alkanes) is 1. The molecule has 1 unspecified atom stereocenters. The Morgan fingerprint density at radius 2 is 1.65 bits per heavy atom. The molecule has 2 aliphatic rings. The number of fused-ring (bicyclic) bond motifs is 1. The molecule has 2 fully saturated rings. The summed E-state index contributed by atoms with van der Waals surface area (Å²) in [5.74, 6) is 7.78. The molecule has 0 aromatic rings. The number of rotatable bonds is 18. The molecule has 6 heteroatoms. The van der Waals surface area contributed by atoms with Crippen LogP contribution in [0.15, 0.2) is 23.8 Å². The van der Waals surface area contributed by atoms with Crippen LogP contribution in [0.5, 0.6) is 0 Å². The van der Waals surface area contributed by atoms with Crippen LogP contribution in [0.2, 0.25) is 36.3 Å². The molecule has 40 heavy (non-hydrogen) atoms. The lowest BCUT2D eigenvalue weighted by Gasteiger charge is -2.36. The van der Waals surface area contributed by atoms with Crippen molar-refractivity contribution < 1.29 is 18.8 Å². The van der Waals surface area contributed by atoms with Gasteiger partial charge in [0.1, 0.15) is 0 Å². The zero-order valence-corrected chi connectivity index (χ0v) is 29.1. The number of hydrogen-bond donors (Lipinski definition) is 1. The van der Waals surface area contributed by atoms with Gasteiger partial charge in [-0.15, -0.1) is 11.8 Å². The highest BCUT2D eigenvalue weighted by atomic mass is 28.4. The van der Waals surface area contributed by atoms with Gasteiger partial charge in [-0.05, 0) is 93.0 Å². The van der Waals surface area contributed by atoms with Gasteiger partial charge in [-0.25, -0.2) is 0 Å². The third-order valence-corrected chi connectivity index (χ3v) is 19.8. The molecule has 0 saturated heterocycles. The SMILES string of the molecule is CC#CCC(C)[C@@H](/C=C/[C@@H]1[C@H]2C/C(=C\CCCC(=O)O)C[C@H]2C[C@H]1O[Si](CC)(CC)CC)O[Si](CC)(CC)CC. The molecule has 0 radical (unpaired) electrons. The molecule has 2 saturated carbocycles. The molecule has 0 aromatic carbocycles. The Labute approximate surface area is 249 Å². The van der Waals surface area contributed by atoms with E-state index in [0.29, 0.717) is 29.8 Å². The molecule has 2 rings (SSSR count). The summed E-state index contributed by atoms with van der Waals surface area (Å²) in [7, 11) is -3.49. The summed E-state index contributed by atoms with van der Waals surface area (Å²) in [4.78, 5) is 10.9. The highest BCUT2D eigenvalue weighted by molar-refractivity contribution is 6.74. The van der Waals surface area contributed by atoms with Crippen LogP contribution in [-0.4, -0.2) is 39.9 Å². The van der Waals surface area contributed by atoms with E-state index in [4.69, 9.17) is 14.0 Å². The van der Waals surface area contributed by atoms with Gasteiger partial charge >= 0.3 is 5.97 Å². The van der Waals surface area contributed by atoms with Gasteiger partial charge in [-0.1, -0.05) is 72.3 Å². The number of allylic oxidation sites excluding steroid dienone is 2. The van der Waals surface area contributed by atoms with Crippen molar-refractivity contribution in [2.45, 2.75) is 149 Å². The smallest absolute Gasteiger partial charge is 0.303 e. The van der Waals surface area contributed by atoms with E-state index in [2.05, 4.69) is 78.5 Å². The second-order valence-electron chi connectivity index (χ2n) is 12.5. The van der Waals surface area contributed by atoms with Gasteiger partial charge in [0.25, 0.3) is 0 Å². The Kier molecular flexibility index (Phi) is 15.0. The highest BCUT2D eigenvalue weighted by Crippen LogP contribution is 2.52. The summed E-state index contributed by atoms with van der Waals surface area (Å²) in [5.41, 5.74) is 1.54. The predicted molar refractivity (Wildman–Crippen MR) is 174 cm³/mol. The van der Waals surface area contributed by atoms with Crippen molar-refractivity contribution in [2.24, 2.45) is 23.7 Å². The molecule has 2 aliphatic carbocycles. The highest BCUT2D eigenvalue weighted by Gasteiger charge is 2.48. The monoisotopic (exact) mass is 588 g/mol. The molecule has 0 heterocycles. The van der Waals surface area contributed by atoms with E-state index < -0.39 is 22.6 Å². The fraction of sp³-hybridized carbons (Fsp3) is 0.794. The molecule has 0 aromatic heterocycles. The second-order valence-corrected chi connectivity index (χ2v) is 22.0. The maximum Gasteiger partial charge on any atom is 0.303 e. The summed E-state index contributed by atoms with van der Waals surface area (Å²) in [6.07, 6.45) is 13.9. The summed E-state index contributed by atoms with van der Waals surface area (Å²) >= 11 is 0. The van der Waals surface area contributed by atoms with E-state index in [-0.39, 0.29) is 12.5 Å². The molecule has 0 aliphatic heterocycles. The molecule has 0 amide bonds. The lowest BCUT2D eigenvalue weighted by Crippen LogP contribution is -2.42. The molecular formula is C34H60O4Si2. The number of carboxylic acid groups (broad SMARTS) is 1. The first-order chi connectivity index (χ1) is 19.2. The first kappa shape index (κ1) is 35.1. The van der Waals surface area contributed by atoms with Crippen LogP contribution < -0.4 is 0 Å². The molecule has 4 nitrogen and oxygen atoms in total. The largest absolute Gasteiger partial charge is 0.481 e. The van der Waals surface area contributed by atoms with E-state index in [0.717, 1.165) is 56.7 Å². The maximum absolute atomic E-state index is 10.9. The lowest BCUT2D eigenvalue weighted by molar-refractivity contribution is -0.137. The number of carboxylic acids is 1. The van der Waals surface area contributed by atoms with Crippen molar-refractivity contribution in [3.8, 4) is 11.8 Å². The normalized spacial score (nSPS) is 25.6. The Morgan fingerprint density at radius 3 is 2.20 bits per heavy atom. The Morgan fingerprint density at radius 1 is 1.02 bits per heavy atom. The molecule has 0 spiro atoms. The number of hydrogen-bond acceptors (Lipinski definition) is 3. The van der Waals surface area contributed by atoms with Crippen molar-refractivity contribution in [2.75, 3.05) is 0 Å². The molecule has 1 N–H and O–H groups in total. The van der Waals surface area contributed by atoms with Crippen LogP contribution >= 0.6 is 0 Å². The summed E-state index contributed by atoms with van der Waals surface area (Å²) in [5, 5.41) is 9.01. The van der Waals surface area contributed by atoms with Crippen LogP contribution in [0, 0.1) is 35.5 Å². The van der Waals surface area contributed by atoms with E-state index in [1.165, 1.54) is 23.7 Å². The average molecular weight is 589 g/mol. The minimum absolute atomic E-state index is 0.102. The van der Waals surface area contributed by atoms with E-state index in [9.17, 15) is 4.79 Å². The Balaban J connectivity index is 2.35. The Bertz CT molecular complexity index is 877. The van der Waals surface area contributed by atoms with Crippen molar-refractivity contribution in [1.82, 2.24) is 0 Å². The van der Waals surface area contributed by atoms with Crippen LogP contribution in [0.3, 0.4) is 0 Å². The van der Waals surface area contributed by atoms with Crippen molar-refractivity contribution in [3.05, 3.63) is 23.8 Å². The van der Waals surface area contributed by atoms with Gasteiger partial charge in [0.2, 0.25) is 0 Å². The third kappa shape index (κ3) is 9.44. The first-order valence-corrected chi connectivity index (χ1v) is 21.5. The van der Waals surface area contributed by atoms with Gasteiger partial charge in [0, 0.05) is 18.8 Å². The minimum atomic E-state index is -1.77. The van der Waals surface area contributed by atoms with Gasteiger partial charge in [0.05, 0.1) is 12.2 Å². The van der Waals surface area contributed by atoms with Crippen molar-refractivity contribution >= 4 is 22.6 Å². The topological polar surface area (TPSA) is 55.8 Å². The molecule has 0 bridgehead atoms. The quantitative estimate of drug-likeness (QED) is 0.0749.